The lowest BCUT2D eigenvalue weighted by molar-refractivity contribution is -0.139. The summed E-state index contributed by atoms with van der Waals surface area (Å²) in [6.45, 7) is 0. The molecule has 106 valence electrons. The highest BCUT2D eigenvalue weighted by Crippen LogP contribution is 2.24. The van der Waals surface area contributed by atoms with Crippen molar-refractivity contribution in [3.63, 3.8) is 0 Å². The molecule has 1 aromatic rings. The maximum absolute atomic E-state index is 11.4. The number of anilines is 1. The van der Waals surface area contributed by atoms with E-state index in [9.17, 15) is 14.4 Å². The Bertz CT molecular complexity index is 600. The summed E-state index contributed by atoms with van der Waals surface area (Å²) < 4.78 is 0. The number of carboxylic acid groups (broad SMARTS) is 2. The van der Waals surface area contributed by atoms with Gasteiger partial charge in [-0.1, -0.05) is 23.2 Å². The topological polar surface area (TPSA) is 116 Å². The Balaban J connectivity index is 2.92. The zero-order valence-corrected chi connectivity index (χ0v) is 11.3. The van der Waals surface area contributed by atoms with E-state index < -0.39 is 29.9 Å². The van der Waals surface area contributed by atoms with Gasteiger partial charge in [-0.05, 0) is 18.2 Å². The van der Waals surface area contributed by atoms with Crippen LogP contribution in [0.2, 0.25) is 10.0 Å². The molecule has 0 heterocycles. The summed E-state index contributed by atoms with van der Waals surface area (Å²) in [6.07, 6.45) is -0.964. The van der Waals surface area contributed by atoms with Crippen molar-refractivity contribution in [2.45, 2.75) is 6.42 Å². The SMILES string of the molecule is O=C(O)CC(=O)/C(=N\Nc1ccc(Cl)c(Cl)c1)C(=O)O. The van der Waals surface area contributed by atoms with Crippen molar-refractivity contribution in [2.24, 2.45) is 5.10 Å². The van der Waals surface area contributed by atoms with Gasteiger partial charge in [0.2, 0.25) is 11.5 Å². The highest BCUT2D eigenvalue weighted by Gasteiger charge is 2.22. The first-order valence-electron chi connectivity index (χ1n) is 5.08. The molecule has 0 unspecified atom stereocenters. The fourth-order valence-electron chi connectivity index (χ4n) is 1.14. The second-order valence-corrected chi connectivity index (χ2v) is 4.31. The number of rotatable bonds is 6. The third-order valence-electron chi connectivity index (χ3n) is 1.99. The van der Waals surface area contributed by atoms with Gasteiger partial charge in [-0.25, -0.2) is 4.79 Å². The molecule has 0 amide bonds. The number of hydrogen-bond acceptors (Lipinski definition) is 5. The van der Waals surface area contributed by atoms with Crippen molar-refractivity contribution in [3.8, 4) is 0 Å². The molecule has 1 aromatic carbocycles. The lowest BCUT2D eigenvalue weighted by atomic mass is 10.2. The van der Waals surface area contributed by atoms with Crippen LogP contribution in [0.5, 0.6) is 0 Å². The van der Waals surface area contributed by atoms with Crippen LogP contribution in [0.1, 0.15) is 6.42 Å². The fraction of sp³-hybridized carbons (Fsp3) is 0.0909. The second kappa shape index (κ2) is 6.88. The first-order valence-corrected chi connectivity index (χ1v) is 5.84. The van der Waals surface area contributed by atoms with E-state index in [0.29, 0.717) is 10.7 Å². The van der Waals surface area contributed by atoms with E-state index in [-0.39, 0.29) is 5.02 Å². The number of halogens is 2. The van der Waals surface area contributed by atoms with Crippen LogP contribution in [-0.2, 0) is 14.4 Å². The predicted molar refractivity (Wildman–Crippen MR) is 72.4 cm³/mol. The lowest BCUT2D eigenvalue weighted by Gasteiger charge is -2.04. The highest BCUT2D eigenvalue weighted by molar-refractivity contribution is 6.65. The van der Waals surface area contributed by atoms with Crippen LogP contribution in [-0.4, -0.2) is 33.6 Å². The monoisotopic (exact) mass is 318 g/mol. The number of ketones is 1. The van der Waals surface area contributed by atoms with Gasteiger partial charge in [0.25, 0.3) is 0 Å². The first-order chi connectivity index (χ1) is 9.31. The summed E-state index contributed by atoms with van der Waals surface area (Å²) in [6, 6.07) is 4.27. The van der Waals surface area contributed by atoms with Crippen LogP contribution in [0, 0.1) is 0 Å². The molecule has 0 bridgehead atoms. The second-order valence-electron chi connectivity index (χ2n) is 3.50. The van der Waals surface area contributed by atoms with Crippen molar-refractivity contribution in [1.82, 2.24) is 0 Å². The van der Waals surface area contributed by atoms with Gasteiger partial charge in [0, 0.05) is 0 Å². The molecular weight excluding hydrogens is 311 g/mol. The number of nitrogens with one attached hydrogen (secondary N) is 1. The third-order valence-corrected chi connectivity index (χ3v) is 2.73. The molecule has 0 aliphatic heterocycles. The molecule has 0 saturated carbocycles. The normalized spacial score (nSPS) is 11.0. The van der Waals surface area contributed by atoms with Crippen molar-refractivity contribution >= 4 is 52.3 Å². The van der Waals surface area contributed by atoms with Crippen LogP contribution in [0.4, 0.5) is 5.69 Å². The Hall–Kier alpha value is -2.12. The minimum absolute atomic E-state index is 0.209. The molecule has 0 saturated heterocycles. The summed E-state index contributed by atoms with van der Waals surface area (Å²) in [5.74, 6) is -4.21. The zero-order valence-electron chi connectivity index (χ0n) is 9.76. The zero-order chi connectivity index (χ0) is 15.3. The van der Waals surface area contributed by atoms with Crippen molar-refractivity contribution in [1.29, 1.82) is 0 Å². The number of carbonyl (C=O) groups is 3. The van der Waals surface area contributed by atoms with Crippen LogP contribution in [0.3, 0.4) is 0 Å². The molecule has 1 rings (SSSR count). The number of carboxylic acids is 2. The molecular formula is C11H8Cl2N2O5. The van der Waals surface area contributed by atoms with E-state index in [1.54, 1.807) is 0 Å². The number of hydrogen-bond donors (Lipinski definition) is 3. The van der Waals surface area contributed by atoms with Crippen LogP contribution < -0.4 is 5.43 Å². The standard InChI is InChI=1S/C11H8Cl2N2O5/c12-6-2-1-5(3-7(6)13)14-15-10(11(19)20)8(16)4-9(17)18/h1-3,14H,4H2,(H,17,18)(H,19,20)/b15-10+. The van der Waals surface area contributed by atoms with Crippen molar-refractivity contribution in [2.75, 3.05) is 5.43 Å². The fourth-order valence-corrected chi connectivity index (χ4v) is 1.43. The van der Waals surface area contributed by atoms with Gasteiger partial charge in [-0.3, -0.25) is 15.0 Å². The Morgan fingerprint density at radius 1 is 1.15 bits per heavy atom. The van der Waals surface area contributed by atoms with Gasteiger partial charge in [-0.2, -0.15) is 5.10 Å². The number of hydrazone groups is 1. The summed E-state index contributed by atoms with van der Waals surface area (Å²) in [5.41, 5.74) is 1.67. The van der Waals surface area contributed by atoms with Crippen molar-refractivity contribution in [3.05, 3.63) is 28.2 Å². The Kier molecular flexibility index (Phi) is 5.48. The van der Waals surface area contributed by atoms with E-state index in [1.807, 2.05) is 0 Å². The molecule has 0 aliphatic rings. The molecule has 0 spiro atoms. The predicted octanol–water partition coefficient (Wildman–Crippen LogP) is 1.89. The maximum atomic E-state index is 11.4. The molecule has 0 aliphatic carbocycles. The van der Waals surface area contributed by atoms with E-state index >= 15 is 0 Å². The maximum Gasteiger partial charge on any atom is 0.360 e. The number of benzene rings is 1. The molecule has 0 fully saturated rings. The van der Waals surface area contributed by atoms with E-state index in [0.717, 1.165) is 0 Å². The van der Waals surface area contributed by atoms with E-state index in [1.165, 1.54) is 18.2 Å². The van der Waals surface area contributed by atoms with Crippen molar-refractivity contribution < 1.29 is 24.6 Å². The average molecular weight is 319 g/mol. The Labute approximate surface area is 122 Å². The largest absolute Gasteiger partial charge is 0.481 e. The van der Waals surface area contributed by atoms with Crippen LogP contribution in [0.25, 0.3) is 0 Å². The number of Topliss-reactive ketones (excluding diaryl/α,β-unsaturated/α-hetero) is 1. The minimum Gasteiger partial charge on any atom is -0.481 e. The summed E-state index contributed by atoms with van der Waals surface area (Å²) in [5, 5.41) is 21.1. The third kappa shape index (κ3) is 4.52. The molecule has 0 atom stereocenters. The molecule has 9 heteroatoms. The van der Waals surface area contributed by atoms with Gasteiger partial charge in [-0.15, -0.1) is 0 Å². The van der Waals surface area contributed by atoms with Crippen LogP contribution >= 0.6 is 23.2 Å². The van der Waals surface area contributed by atoms with Crippen LogP contribution in [0.15, 0.2) is 23.3 Å². The van der Waals surface area contributed by atoms with E-state index in [4.69, 9.17) is 33.4 Å². The summed E-state index contributed by atoms with van der Waals surface area (Å²) >= 11 is 11.4. The molecule has 3 N–H and O–H groups in total. The molecule has 0 radical (unpaired) electrons. The van der Waals surface area contributed by atoms with Gasteiger partial charge in [0.15, 0.2) is 0 Å². The number of nitrogens with zero attached hydrogens (tertiary/aromatic N) is 1. The molecule has 20 heavy (non-hydrogen) atoms. The molecule has 0 aromatic heterocycles. The quantitative estimate of drug-likeness (QED) is 0.419. The summed E-state index contributed by atoms with van der Waals surface area (Å²) in [7, 11) is 0. The first kappa shape index (κ1) is 15.9. The van der Waals surface area contributed by atoms with Gasteiger partial charge >= 0.3 is 11.9 Å². The lowest BCUT2D eigenvalue weighted by Crippen LogP contribution is -2.27. The average Bonchev–Trinajstić information content (AvgIpc) is 2.32. The van der Waals surface area contributed by atoms with Gasteiger partial charge in [0.05, 0.1) is 15.7 Å². The summed E-state index contributed by atoms with van der Waals surface area (Å²) in [4.78, 5) is 32.6. The minimum atomic E-state index is -1.64. The number of carbonyl (C=O) groups excluding carboxylic acids is 1. The van der Waals surface area contributed by atoms with E-state index in [2.05, 4.69) is 10.5 Å². The van der Waals surface area contributed by atoms with Gasteiger partial charge < -0.3 is 10.2 Å². The number of aliphatic carboxylic acids is 2. The Morgan fingerprint density at radius 3 is 2.30 bits per heavy atom. The highest BCUT2D eigenvalue weighted by atomic mass is 35.5. The van der Waals surface area contributed by atoms with Gasteiger partial charge in [0.1, 0.15) is 6.42 Å². The molecule has 7 nitrogen and oxygen atoms in total. The smallest absolute Gasteiger partial charge is 0.360 e. The Morgan fingerprint density at radius 2 is 1.80 bits per heavy atom.